The van der Waals surface area contributed by atoms with Crippen molar-refractivity contribution in [2.45, 2.75) is 13.3 Å². The number of hydrogen-bond donors (Lipinski definition) is 1. The van der Waals surface area contributed by atoms with Gasteiger partial charge in [0.15, 0.2) is 0 Å². The van der Waals surface area contributed by atoms with Crippen molar-refractivity contribution in [3.63, 3.8) is 0 Å². The van der Waals surface area contributed by atoms with Gasteiger partial charge in [0.25, 0.3) is 5.91 Å². The first-order valence-electron chi connectivity index (χ1n) is 9.68. The zero-order valence-electron chi connectivity index (χ0n) is 16.2. The molecule has 1 aromatic heterocycles. The number of amides is 1. The maximum absolute atomic E-state index is 12.7. The molecule has 1 aliphatic heterocycles. The molecular formula is C21H29N3O2S. The average molecular weight is 388 g/mol. The van der Waals surface area contributed by atoms with Crippen LogP contribution in [0.2, 0.25) is 0 Å². The van der Waals surface area contributed by atoms with Crippen molar-refractivity contribution in [1.29, 1.82) is 0 Å². The summed E-state index contributed by atoms with van der Waals surface area (Å²) in [6, 6.07) is 12.1. The van der Waals surface area contributed by atoms with Gasteiger partial charge in [-0.05, 0) is 38.6 Å². The molecule has 1 fully saturated rings. The first kappa shape index (κ1) is 19.9. The van der Waals surface area contributed by atoms with Gasteiger partial charge in [-0.15, -0.1) is 11.3 Å². The molecule has 0 spiro atoms. The molecule has 2 aromatic rings. The summed E-state index contributed by atoms with van der Waals surface area (Å²) < 4.78 is 5.71. The Morgan fingerprint density at radius 3 is 2.63 bits per heavy atom. The van der Waals surface area contributed by atoms with Crippen LogP contribution < -0.4 is 10.1 Å². The van der Waals surface area contributed by atoms with Crippen LogP contribution in [0.15, 0.2) is 36.4 Å². The SMILES string of the molecule is CCOc1cc(-c2ccccc2)sc1C(=O)NCCCN1CCN(C)CC1. The lowest BCUT2D eigenvalue weighted by Crippen LogP contribution is -2.45. The highest BCUT2D eigenvalue weighted by Gasteiger charge is 2.18. The lowest BCUT2D eigenvalue weighted by atomic mass is 10.2. The Kier molecular flexibility index (Phi) is 7.26. The molecule has 1 amide bonds. The number of benzene rings is 1. The van der Waals surface area contributed by atoms with Crippen molar-refractivity contribution in [3.8, 4) is 16.2 Å². The molecule has 6 heteroatoms. The quantitative estimate of drug-likeness (QED) is 0.707. The molecule has 0 unspecified atom stereocenters. The summed E-state index contributed by atoms with van der Waals surface area (Å²) >= 11 is 1.49. The van der Waals surface area contributed by atoms with Crippen molar-refractivity contribution in [2.75, 3.05) is 52.9 Å². The van der Waals surface area contributed by atoms with Gasteiger partial charge in [-0.25, -0.2) is 0 Å². The number of piperazine rings is 1. The largest absolute Gasteiger partial charge is 0.492 e. The Hall–Kier alpha value is -1.89. The predicted octanol–water partition coefficient (Wildman–Crippen LogP) is 3.18. The van der Waals surface area contributed by atoms with E-state index in [-0.39, 0.29) is 5.91 Å². The second-order valence-electron chi connectivity index (χ2n) is 6.86. The normalized spacial score (nSPS) is 15.6. The van der Waals surface area contributed by atoms with E-state index in [2.05, 4.69) is 34.3 Å². The van der Waals surface area contributed by atoms with Crippen LogP contribution in [0.3, 0.4) is 0 Å². The average Bonchev–Trinajstić information content (AvgIpc) is 3.11. The summed E-state index contributed by atoms with van der Waals surface area (Å²) in [7, 11) is 2.16. The lowest BCUT2D eigenvalue weighted by Gasteiger charge is -2.32. The van der Waals surface area contributed by atoms with Gasteiger partial charge in [0, 0.05) is 37.6 Å². The highest BCUT2D eigenvalue weighted by atomic mass is 32.1. The first-order chi connectivity index (χ1) is 13.2. The molecule has 5 nitrogen and oxygen atoms in total. The van der Waals surface area contributed by atoms with Crippen LogP contribution in [-0.2, 0) is 0 Å². The summed E-state index contributed by atoms with van der Waals surface area (Å²) in [6.45, 7) is 8.70. The molecule has 1 aliphatic rings. The molecule has 0 bridgehead atoms. The van der Waals surface area contributed by atoms with Crippen molar-refractivity contribution in [2.24, 2.45) is 0 Å². The number of hydrogen-bond acceptors (Lipinski definition) is 5. The van der Waals surface area contributed by atoms with Crippen LogP contribution in [0.1, 0.15) is 23.0 Å². The minimum atomic E-state index is -0.0380. The zero-order valence-corrected chi connectivity index (χ0v) is 17.1. The smallest absolute Gasteiger partial charge is 0.265 e. The van der Waals surface area contributed by atoms with Crippen molar-refractivity contribution >= 4 is 17.2 Å². The van der Waals surface area contributed by atoms with E-state index in [9.17, 15) is 4.79 Å². The van der Waals surface area contributed by atoms with Crippen molar-refractivity contribution in [1.82, 2.24) is 15.1 Å². The standard InChI is InChI=1S/C21H29N3O2S/c1-3-26-18-16-19(17-8-5-4-6-9-17)27-20(18)21(25)22-10-7-11-24-14-12-23(2)13-15-24/h4-6,8-9,16H,3,7,10-15H2,1-2H3,(H,22,25). The van der Waals surface area contributed by atoms with Gasteiger partial charge in [-0.1, -0.05) is 30.3 Å². The van der Waals surface area contributed by atoms with Gasteiger partial charge in [0.2, 0.25) is 0 Å². The number of carbonyl (C=O) groups excluding carboxylic acids is 1. The van der Waals surface area contributed by atoms with Crippen LogP contribution in [-0.4, -0.2) is 68.6 Å². The fourth-order valence-electron chi connectivity index (χ4n) is 3.20. The number of carbonyl (C=O) groups is 1. The van der Waals surface area contributed by atoms with E-state index >= 15 is 0 Å². The molecule has 2 heterocycles. The second-order valence-corrected chi connectivity index (χ2v) is 7.91. The van der Waals surface area contributed by atoms with Crippen LogP contribution in [0, 0.1) is 0 Å². The summed E-state index contributed by atoms with van der Waals surface area (Å²) in [5, 5.41) is 3.07. The second kappa shape index (κ2) is 9.88. The van der Waals surface area contributed by atoms with Gasteiger partial charge in [-0.3, -0.25) is 4.79 Å². The fourth-order valence-corrected chi connectivity index (χ4v) is 4.22. The minimum absolute atomic E-state index is 0.0380. The molecule has 0 aliphatic carbocycles. The third-order valence-corrected chi connectivity index (χ3v) is 5.96. The predicted molar refractivity (Wildman–Crippen MR) is 112 cm³/mol. The Labute approximate surface area is 165 Å². The molecule has 1 saturated heterocycles. The summed E-state index contributed by atoms with van der Waals surface area (Å²) in [5.74, 6) is 0.641. The number of likely N-dealkylation sites (N-methyl/N-ethyl adjacent to an activating group) is 1. The number of thiophene rings is 1. The molecule has 1 N–H and O–H groups in total. The topological polar surface area (TPSA) is 44.8 Å². The van der Waals surface area contributed by atoms with Crippen molar-refractivity contribution < 1.29 is 9.53 Å². The van der Waals surface area contributed by atoms with Crippen LogP contribution in [0.4, 0.5) is 0 Å². The first-order valence-corrected chi connectivity index (χ1v) is 10.5. The zero-order chi connectivity index (χ0) is 19.1. The molecular weight excluding hydrogens is 358 g/mol. The van der Waals surface area contributed by atoms with Crippen LogP contribution >= 0.6 is 11.3 Å². The van der Waals surface area contributed by atoms with E-state index in [1.807, 2.05) is 31.2 Å². The number of rotatable bonds is 8. The molecule has 146 valence electrons. The van der Waals surface area contributed by atoms with Crippen molar-refractivity contribution in [3.05, 3.63) is 41.3 Å². The summed E-state index contributed by atoms with van der Waals surface area (Å²) in [5.41, 5.74) is 1.11. The summed E-state index contributed by atoms with van der Waals surface area (Å²) in [4.78, 5) is 19.2. The lowest BCUT2D eigenvalue weighted by molar-refractivity contribution is 0.0950. The number of nitrogens with one attached hydrogen (secondary N) is 1. The van der Waals surface area contributed by atoms with Gasteiger partial charge in [0.05, 0.1) is 6.61 Å². The van der Waals surface area contributed by atoms with E-state index in [0.29, 0.717) is 23.8 Å². The van der Waals surface area contributed by atoms with Crippen LogP contribution in [0.25, 0.3) is 10.4 Å². The molecule has 1 aromatic carbocycles. The Morgan fingerprint density at radius 2 is 1.93 bits per heavy atom. The molecule has 0 atom stereocenters. The highest BCUT2D eigenvalue weighted by molar-refractivity contribution is 7.17. The molecule has 3 rings (SSSR count). The van der Waals surface area contributed by atoms with E-state index in [4.69, 9.17) is 4.74 Å². The highest BCUT2D eigenvalue weighted by Crippen LogP contribution is 2.36. The monoisotopic (exact) mass is 387 g/mol. The Balaban J connectivity index is 1.54. The molecule has 0 saturated carbocycles. The van der Waals surface area contributed by atoms with Gasteiger partial charge < -0.3 is 19.9 Å². The minimum Gasteiger partial charge on any atom is -0.492 e. The van der Waals surface area contributed by atoms with E-state index in [0.717, 1.165) is 49.6 Å². The third kappa shape index (κ3) is 5.54. The van der Waals surface area contributed by atoms with E-state index in [1.54, 1.807) is 0 Å². The third-order valence-electron chi connectivity index (χ3n) is 4.79. The van der Waals surface area contributed by atoms with Gasteiger partial charge in [-0.2, -0.15) is 0 Å². The van der Waals surface area contributed by atoms with Gasteiger partial charge >= 0.3 is 0 Å². The van der Waals surface area contributed by atoms with E-state index < -0.39 is 0 Å². The van der Waals surface area contributed by atoms with Gasteiger partial charge in [0.1, 0.15) is 10.6 Å². The number of nitrogens with zero attached hydrogens (tertiary/aromatic N) is 2. The maximum atomic E-state index is 12.7. The van der Waals surface area contributed by atoms with E-state index in [1.165, 1.54) is 11.3 Å². The fraction of sp³-hybridized carbons (Fsp3) is 0.476. The Morgan fingerprint density at radius 1 is 1.19 bits per heavy atom. The maximum Gasteiger partial charge on any atom is 0.265 e. The molecule has 0 radical (unpaired) electrons. The Bertz CT molecular complexity index is 724. The number of ether oxygens (including phenoxy) is 1. The summed E-state index contributed by atoms with van der Waals surface area (Å²) in [6.07, 6.45) is 0.969. The van der Waals surface area contributed by atoms with Crippen LogP contribution in [0.5, 0.6) is 5.75 Å². The molecule has 27 heavy (non-hydrogen) atoms.